The molecule has 1 amide bonds. The van der Waals surface area contributed by atoms with Gasteiger partial charge in [-0.1, -0.05) is 49.0 Å². The quantitative estimate of drug-likeness (QED) is 0.293. The molecule has 3 heterocycles. The molecule has 1 aromatic rings. The van der Waals surface area contributed by atoms with Gasteiger partial charge in [-0.05, 0) is 57.9 Å². The number of aromatic nitrogens is 2. The minimum Gasteiger partial charge on any atom is -0.433 e. The summed E-state index contributed by atoms with van der Waals surface area (Å²) >= 11 is 0. The molecule has 0 bridgehead atoms. The molecule has 8 heteroatoms. The highest BCUT2D eigenvalue weighted by atomic mass is 19.1. The highest BCUT2D eigenvalue weighted by Crippen LogP contribution is 2.31. The van der Waals surface area contributed by atoms with Gasteiger partial charge in [0.25, 0.3) is 5.91 Å². The molecular formula is C30H36FN5O2. The second kappa shape index (κ2) is 13.5. The molecule has 1 unspecified atom stereocenters. The SMILES string of the molecule is C\C=C/C=C(F)\C(=C/C)C1=NCC=C(C(=O)N2CCc3[nH]cnc3C2C(=N)/C=C(C)/C=C\C=C(\C)CC)O1. The molecule has 0 aliphatic carbocycles. The summed E-state index contributed by atoms with van der Waals surface area (Å²) in [6.45, 7) is 10.1. The number of fused-ring (bicyclic) bond motifs is 1. The van der Waals surface area contributed by atoms with Crippen LogP contribution in [0, 0.1) is 5.41 Å². The summed E-state index contributed by atoms with van der Waals surface area (Å²) in [5.74, 6) is -0.783. The minimum absolute atomic E-state index is 0.0528. The van der Waals surface area contributed by atoms with E-state index in [0.29, 0.717) is 18.7 Å². The number of ether oxygens (including phenoxy) is 1. The molecular weight excluding hydrogens is 481 g/mol. The number of imidazole rings is 1. The summed E-state index contributed by atoms with van der Waals surface area (Å²) in [5, 5.41) is 8.91. The third-order valence-electron chi connectivity index (χ3n) is 6.30. The van der Waals surface area contributed by atoms with Crippen molar-refractivity contribution in [3.05, 3.63) is 101 Å². The first-order valence-electron chi connectivity index (χ1n) is 12.8. The predicted octanol–water partition coefficient (Wildman–Crippen LogP) is 6.40. The Morgan fingerprint density at radius 2 is 2.08 bits per heavy atom. The van der Waals surface area contributed by atoms with Gasteiger partial charge in [0, 0.05) is 18.7 Å². The van der Waals surface area contributed by atoms with Crippen LogP contribution in [0.25, 0.3) is 0 Å². The van der Waals surface area contributed by atoms with Gasteiger partial charge in [-0.2, -0.15) is 0 Å². The van der Waals surface area contributed by atoms with Crippen LogP contribution >= 0.6 is 0 Å². The zero-order valence-electron chi connectivity index (χ0n) is 22.7. The van der Waals surface area contributed by atoms with E-state index in [4.69, 9.17) is 10.1 Å². The second-order valence-electron chi connectivity index (χ2n) is 9.05. The lowest BCUT2D eigenvalue weighted by Gasteiger charge is -2.35. The molecule has 0 spiro atoms. The maximum atomic E-state index is 14.7. The van der Waals surface area contributed by atoms with Gasteiger partial charge in [0.1, 0.15) is 11.9 Å². The molecule has 3 rings (SSSR count). The molecule has 2 aliphatic heterocycles. The lowest BCUT2D eigenvalue weighted by Crippen LogP contribution is -2.44. The van der Waals surface area contributed by atoms with Crippen LogP contribution in [0.3, 0.4) is 0 Å². The first-order chi connectivity index (χ1) is 18.3. The lowest BCUT2D eigenvalue weighted by atomic mass is 9.96. The van der Waals surface area contributed by atoms with Crippen LogP contribution in [-0.4, -0.2) is 45.5 Å². The molecule has 0 radical (unpaired) electrons. The summed E-state index contributed by atoms with van der Waals surface area (Å²) in [7, 11) is 0. The number of rotatable bonds is 9. The van der Waals surface area contributed by atoms with Gasteiger partial charge >= 0.3 is 0 Å². The van der Waals surface area contributed by atoms with Gasteiger partial charge in [0.2, 0.25) is 5.90 Å². The van der Waals surface area contributed by atoms with E-state index in [2.05, 4.69) is 28.8 Å². The van der Waals surface area contributed by atoms with Crippen molar-refractivity contribution in [3.63, 3.8) is 0 Å². The Morgan fingerprint density at radius 1 is 1.29 bits per heavy atom. The summed E-state index contributed by atoms with van der Waals surface area (Å²) in [6.07, 6.45) is 18.6. The first-order valence-corrected chi connectivity index (χ1v) is 12.8. The van der Waals surface area contributed by atoms with Crippen molar-refractivity contribution in [2.75, 3.05) is 13.1 Å². The number of carbonyl (C=O) groups excluding carboxylic acids is 1. The van der Waals surface area contributed by atoms with E-state index in [9.17, 15) is 9.18 Å². The zero-order valence-corrected chi connectivity index (χ0v) is 22.7. The van der Waals surface area contributed by atoms with Crippen molar-refractivity contribution >= 4 is 17.5 Å². The molecule has 38 heavy (non-hydrogen) atoms. The fraction of sp³-hybridized carbons (Fsp3) is 0.333. The molecule has 0 saturated heterocycles. The molecule has 2 aliphatic rings. The Morgan fingerprint density at radius 3 is 2.79 bits per heavy atom. The van der Waals surface area contributed by atoms with E-state index < -0.39 is 17.8 Å². The third kappa shape index (κ3) is 6.82. The fourth-order valence-corrected chi connectivity index (χ4v) is 4.10. The number of H-pyrrole nitrogens is 1. The van der Waals surface area contributed by atoms with E-state index in [0.717, 1.165) is 17.7 Å². The second-order valence-corrected chi connectivity index (χ2v) is 9.05. The predicted molar refractivity (Wildman–Crippen MR) is 151 cm³/mol. The summed E-state index contributed by atoms with van der Waals surface area (Å²) in [4.78, 5) is 27.2. The lowest BCUT2D eigenvalue weighted by molar-refractivity contribution is -0.131. The van der Waals surface area contributed by atoms with Crippen molar-refractivity contribution in [2.45, 2.75) is 53.5 Å². The molecule has 1 atom stereocenters. The Kier molecular flexibility index (Phi) is 10.1. The molecule has 0 aromatic carbocycles. The standard InChI is InChI=1S/C30H36FN5O2/c1-6-9-13-23(31)22(8-3)29-33-16-14-26(38-29)30(37)36-17-15-25-27(35-19-34-25)28(36)24(32)18-21(5)12-10-11-20(4)7-2/h6,8-14,18-19,28,32H,7,15-17H2,1-5H3,(H,34,35)/b9-6-,12-10-,20-11-,21-18+,22-8+,23-13+,32-24?. The van der Waals surface area contributed by atoms with Gasteiger partial charge in [0.15, 0.2) is 5.76 Å². The first kappa shape index (κ1) is 28.5. The van der Waals surface area contributed by atoms with E-state index in [1.165, 1.54) is 11.6 Å². The van der Waals surface area contributed by atoms with Crippen LogP contribution in [-0.2, 0) is 16.0 Å². The molecule has 7 nitrogen and oxygen atoms in total. The normalized spacial score (nSPS) is 19.4. The highest BCUT2D eigenvalue weighted by molar-refractivity contribution is 6.05. The Labute approximate surface area is 224 Å². The number of allylic oxidation sites excluding steroid dienone is 9. The van der Waals surface area contributed by atoms with E-state index in [1.54, 1.807) is 55.5 Å². The summed E-state index contributed by atoms with van der Waals surface area (Å²) in [5.41, 5.74) is 4.11. The topological polar surface area (TPSA) is 94.4 Å². The van der Waals surface area contributed by atoms with Crippen molar-refractivity contribution in [1.29, 1.82) is 5.41 Å². The van der Waals surface area contributed by atoms with E-state index in [-0.39, 0.29) is 29.5 Å². The number of hydrogen-bond acceptors (Lipinski definition) is 5. The van der Waals surface area contributed by atoms with Crippen LogP contribution in [0.4, 0.5) is 4.39 Å². The monoisotopic (exact) mass is 517 g/mol. The maximum Gasteiger partial charge on any atom is 0.290 e. The molecule has 0 fully saturated rings. The number of aliphatic imine (C=N–C) groups is 1. The van der Waals surface area contributed by atoms with Crippen molar-refractivity contribution in [1.82, 2.24) is 14.9 Å². The fourth-order valence-electron chi connectivity index (χ4n) is 4.10. The van der Waals surface area contributed by atoms with Gasteiger partial charge in [-0.15, -0.1) is 0 Å². The Hall–Kier alpha value is -4.07. The van der Waals surface area contributed by atoms with Crippen molar-refractivity contribution in [2.24, 2.45) is 4.99 Å². The third-order valence-corrected chi connectivity index (χ3v) is 6.30. The number of amides is 1. The van der Waals surface area contributed by atoms with Gasteiger partial charge in [-0.25, -0.2) is 14.4 Å². The van der Waals surface area contributed by atoms with Gasteiger partial charge in [0.05, 0.1) is 29.9 Å². The smallest absolute Gasteiger partial charge is 0.290 e. The summed E-state index contributed by atoms with van der Waals surface area (Å²) in [6, 6.07) is -0.687. The zero-order chi connectivity index (χ0) is 27.7. The molecule has 0 saturated carbocycles. The minimum atomic E-state index is -0.687. The van der Waals surface area contributed by atoms with Crippen molar-refractivity contribution < 1.29 is 13.9 Å². The summed E-state index contributed by atoms with van der Waals surface area (Å²) < 4.78 is 20.5. The van der Waals surface area contributed by atoms with E-state index >= 15 is 0 Å². The van der Waals surface area contributed by atoms with Gasteiger partial charge in [-0.3, -0.25) is 4.79 Å². The molecule has 1 aromatic heterocycles. The molecule has 2 N–H and O–H groups in total. The number of aromatic amines is 1. The number of nitrogens with one attached hydrogen (secondary N) is 2. The average Bonchev–Trinajstić information content (AvgIpc) is 3.40. The van der Waals surface area contributed by atoms with Crippen LogP contribution < -0.4 is 0 Å². The van der Waals surface area contributed by atoms with Crippen molar-refractivity contribution in [3.8, 4) is 0 Å². The van der Waals surface area contributed by atoms with Crippen LogP contribution in [0.1, 0.15) is 58.5 Å². The number of halogens is 1. The number of nitrogens with zero attached hydrogens (tertiary/aromatic N) is 3. The Bertz CT molecular complexity index is 1300. The van der Waals surface area contributed by atoms with Crippen LogP contribution in [0.2, 0.25) is 0 Å². The van der Waals surface area contributed by atoms with Crippen LogP contribution in [0.15, 0.2) is 94.3 Å². The van der Waals surface area contributed by atoms with Gasteiger partial charge < -0.3 is 20.0 Å². The molecule has 200 valence electrons. The maximum absolute atomic E-state index is 14.7. The largest absolute Gasteiger partial charge is 0.433 e. The highest BCUT2D eigenvalue weighted by Gasteiger charge is 2.37. The van der Waals surface area contributed by atoms with Crippen LogP contribution in [0.5, 0.6) is 0 Å². The average molecular weight is 518 g/mol. The van der Waals surface area contributed by atoms with E-state index in [1.807, 2.05) is 25.2 Å². The number of carbonyl (C=O) groups is 1. The number of hydrogen-bond donors (Lipinski definition) is 2. The Balaban J connectivity index is 1.86.